The predicted octanol–water partition coefficient (Wildman–Crippen LogP) is 5.47. The summed E-state index contributed by atoms with van der Waals surface area (Å²) in [5, 5.41) is 3.19. The third kappa shape index (κ3) is 4.16. The Balaban J connectivity index is 1.53. The van der Waals surface area contributed by atoms with E-state index in [-0.39, 0.29) is 0 Å². The molecule has 1 saturated heterocycles. The number of anilines is 1. The first-order valence-corrected chi connectivity index (χ1v) is 12.0. The highest BCUT2D eigenvalue weighted by atomic mass is 32.1. The summed E-state index contributed by atoms with van der Waals surface area (Å²) < 4.78 is 2.45. The van der Waals surface area contributed by atoms with Crippen LogP contribution in [0.2, 0.25) is 0 Å². The summed E-state index contributed by atoms with van der Waals surface area (Å²) in [6.45, 7) is 2.19. The first kappa shape index (κ1) is 20.8. The monoisotopic (exact) mass is 443 g/mol. The highest BCUT2D eigenvalue weighted by Crippen LogP contribution is 2.32. The van der Waals surface area contributed by atoms with Crippen molar-refractivity contribution in [2.24, 2.45) is 10.7 Å². The number of nitrogens with two attached hydrogens (primary N) is 2. The Labute approximate surface area is 193 Å². The summed E-state index contributed by atoms with van der Waals surface area (Å²) in [5.74, 6) is 0.557. The van der Waals surface area contributed by atoms with Crippen LogP contribution in [-0.4, -0.2) is 34.9 Å². The number of aromatic nitrogens is 1. The lowest BCUT2D eigenvalue weighted by Crippen LogP contribution is -2.26. The molecule has 1 aliphatic heterocycles. The van der Waals surface area contributed by atoms with Crippen molar-refractivity contribution >= 4 is 39.5 Å². The van der Waals surface area contributed by atoms with Gasteiger partial charge in [0.1, 0.15) is 5.84 Å². The molecule has 4 aromatic rings. The lowest BCUT2D eigenvalue weighted by atomic mass is 10.1. The van der Waals surface area contributed by atoms with Crippen LogP contribution in [0.15, 0.2) is 71.0 Å². The number of rotatable bonds is 6. The third-order valence-electron chi connectivity index (χ3n) is 6.47. The number of amidine groups is 1. The second-order valence-corrected chi connectivity index (χ2v) is 9.53. The quantitative estimate of drug-likeness (QED) is 0.236. The number of aliphatic imine (C=N–C) groups is 1. The molecule has 2 aromatic carbocycles. The number of aryl methyl sites for hydroxylation is 1. The van der Waals surface area contributed by atoms with E-state index in [2.05, 4.69) is 57.9 Å². The van der Waals surface area contributed by atoms with E-state index < -0.39 is 0 Å². The lowest BCUT2D eigenvalue weighted by molar-refractivity contribution is 0.287. The van der Waals surface area contributed by atoms with Gasteiger partial charge >= 0.3 is 0 Å². The molecular formula is C26H29N5S. The molecule has 4 N–H and O–H groups in total. The van der Waals surface area contributed by atoms with E-state index in [1.54, 1.807) is 11.3 Å². The lowest BCUT2D eigenvalue weighted by Gasteiger charge is -2.21. The van der Waals surface area contributed by atoms with Crippen molar-refractivity contribution in [3.63, 3.8) is 0 Å². The first-order valence-electron chi connectivity index (χ1n) is 11.2. The van der Waals surface area contributed by atoms with Gasteiger partial charge in [-0.2, -0.15) is 0 Å². The Kier molecular flexibility index (Phi) is 5.72. The number of likely N-dealkylation sites (tertiary alicyclic amines) is 1. The fourth-order valence-electron chi connectivity index (χ4n) is 4.70. The van der Waals surface area contributed by atoms with Gasteiger partial charge in [-0.3, -0.25) is 0 Å². The van der Waals surface area contributed by atoms with Gasteiger partial charge in [-0.15, -0.1) is 11.3 Å². The van der Waals surface area contributed by atoms with Crippen LogP contribution < -0.4 is 11.5 Å². The summed E-state index contributed by atoms with van der Waals surface area (Å²) in [5.41, 5.74) is 17.4. The highest BCUT2D eigenvalue weighted by Gasteiger charge is 2.21. The largest absolute Gasteiger partial charge is 0.399 e. The number of nitrogen functional groups attached to an aromatic ring is 1. The second kappa shape index (κ2) is 8.81. The van der Waals surface area contributed by atoms with Crippen molar-refractivity contribution in [1.29, 1.82) is 0 Å². The van der Waals surface area contributed by atoms with Crippen molar-refractivity contribution in [3.05, 3.63) is 70.9 Å². The van der Waals surface area contributed by atoms with Gasteiger partial charge in [0.05, 0.1) is 10.6 Å². The van der Waals surface area contributed by atoms with Gasteiger partial charge in [0, 0.05) is 34.9 Å². The highest BCUT2D eigenvalue weighted by molar-refractivity contribution is 7.12. The zero-order valence-corrected chi connectivity index (χ0v) is 19.2. The Morgan fingerprint density at radius 3 is 2.69 bits per heavy atom. The zero-order chi connectivity index (χ0) is 22.1. The van der Waals surface area contributed by atoms with E-state index in [0.717, 1.165) is 29.2 Å². The number of hydrogen-bond donors (Lipinski definition) is 2. The molecule has 32 heavy (non-hydrogen) atoms. The van der Waals surface area contributed by atoms with Crippen LogP contribution in [0.4, 0.5) is 11.4 Å². The minimum absolute atomic E-state index is 0.557. The molecule has 3 heterocycles. The number of thiophene rings is 1. The van der Waals surface area contributed by atoms with Gasteiger partial charge in [-0.25, -0.2) is 4.99 Å². The van der Waals surface area contributed by atoms with E-state index in [1.165, 1.54) is 41.5 Å². The summed E-state index contributed by atoms with van der Waals surface area (Å²) >= 11 is 1.60. The van der Waals surface area contributed by atoms with Crippen LogP contribution in [0.5, 0.6) is 0 Å². The van der Waals surface area contributed by atoms with Crippen LogP contribution in [-0.2, 0) is 6.54 Å². The van der Waals surface area contributed by atoms with Crippen molar-refractivity contribution < 1.29 is 0 Å². The normalized spacial score (nSPS) is 17.4. The maximum Gasteiger partial charge on any atom is 0.141 e. The first-order chi connectivity index (χ1) is 15.6. The molecule has 164 valence electrons. The molecule has 5 rings (SSSR count). The Morgan fingerprint density at radius 2 is 1.97 bits per heavy atom. The molecule has 1 aliphatic rings. The van der Waals surface area contributed by atoms with Gasteiger partial charge in [0.15, 0.2) is 0 Å². The van der Waals surface area contributed by atoms with Crippen LogP contribution >= 0.6 is 11.3 Å². The van der Waals surface area contributed by atoms with Gasteiger partial charge in [-0.1, -0.05) is 18.2 Å². The van der Waals surface area contributed by atoms with E-state index in [0.29, 0.717) is 11.9 Å². The molecule has 0 amide bonds. The van der Waals surface area contributed by atoms with E-state index in [1.807, 2.05) is 29.6 Å². The molecule has 0 aliphatic carbocycles. The van der Waals surface area contributed by atoms with Gasteiger partial charge in [0.2, 0.25) is 0 Å². The number of fused-ring (bicyclic) bond motifs is 1. The van der Waals surface area contributed by atoms with Crippen molar-refractivity contribution in [2.75, 3.05) is 19.3 Å². The number of nitrogens with zero attached hydrogens (tertiary/aromatic N) is 3. The van der Waals surface area contributed by atoms with Crippen LogP contribution in [0.25, 0.3) is 22.2 Å². The minimum atomic E-state index is 0.557. The van der Waals surface area contributed by atoms with Crippen LogP contribution in [0.3, 0.4) is 0 Å². The molecule has 6 heteroatoms. The maximum absolute atomic E-state index is 6.23. The molecule has 0 radical (unpaired) electrons. The molecular weight excluding hydrogens is 414 g/mol. The molecule has 0 spiro atoms. The fraction of sp³-hybridized carbons (Fsp3) is 0.269. The summed E-state index contributed by atoms with van der Waals surface area (Å²) in [4.78, 5) is 8.15. The summed E-state index contributed by atoms with van der Waals surface area (Å²) in [6.07, 6.45) is 3.73. The van der Waals surface area contributed by atoms with E-state index >= 15 is 0 Å². The molecule has 1 fully saturated rings. The molecule has 1 unspecified atom stereocenters. The average Bonchev–Trinajstić information content (AvgIpc) is 3.53. The third-order valence-corrected chi connectivity index (χ3v) is 7.36. The number of hydrogen-bond acceptors (Lipinski definition) is 4. The number of benzene rings is 2. The fourth-order valence-corrected chi connectivity index (χ4v) is 5.33. The van der Waals surface area contributed by atoms with Crippen LogP contribution in [0, 0.1) is 0 Å². The van der Waals surface area contributed by atoms with Crippen LogP contribution in [0.1, 0.15) is 24.1 Å². The van der Waals surface area contributed by atoms with E-state index in [4.69, 9.17) is 11.5 Å². The maximum atomic E-state index is 6.23. The van der Waals surface area contributed by atoms with Crippen molar-refractivity contribution in [2.45, 2.75) is 31.8 Å². The SMILES string of the molecule is CN1CCCC1CCn1c(-c2ccc(N)cc2)cc2cc(N=C(N)c3cccs3)ccc21. The van der Waals surface area contributed by atoms with Gasteiger partial charge in [0.25, 0.3) is 0 Å². The molecule has 2 aromatic heterocycles. The van der Waals surface area contributed by atoms with E-state index in [9.17, 15) is 0 Å². The zero-order valence-electron chi connectivity index (χ0n) is 18.4. The second-order valence-electron chi connectivity index (χ2n) is 8.59. The van der Waals surface area contributed by atoms with Crippen molar-refractivity contribution in [1.82, 2.24) is 9.47 Å². The summed E-state index contributed by atoms with van der Waals surface area (Å²) in [6, 6.07) is 21.4. The molecule has 0 saturated carbocycles. The van der Waals surface area contributed by atoms with Gasteiger partial charge in [-0.05, 0) is 86.3 Å². The Bertz CT molecular complexity index is 1240. The topological polar surface area (TPSA) is 72.6 Å². The Hall–Kier alpha value is -3.09. The minimum Gasteiger partial charge on any atom is -0.399 e. The average molecular weight is 444 g/mol. The predicted molar refractivity (Wildman–Crippen MR) is 137 cm³/mol. The molecule has 0 bridgehead atoms. The summed E-state index contributed by atoms with van der Waals surface area (Å²) in [7, 11) is 2.24. The Morgan fingerprint density at radius 1 is 1.12 bits per heavy atom. The van der Waals surface area contributed by atoms with Gasteiger partial charge < -0.3 is 20.9 Å². The molecule has 5 nitrogen and oxygen atoms in total. The smallest absolute Gasteiger partial charge is 0.141 e. The molecule has 1 atom stereocenters. The standard InChI is InChI=1S/C26H29N5S/c1-30-13-2-4-22(30)12-14-31-23-11-10-21(29-26(28)25-5-3-15-32-25)16-19(23)17-24(31)18-6-8-20(27)9-7-18/h3,5-11,15-17,22H,2,4,12-14,27H2,1H3,(H2,28,29). The van der Waals surface area contributed by atoms with Crippen molar-refractivity contribution in [3.8, 4) is 11.3 Å².